The van der Waals surface area contributed by atoms with Gasteiger partial charge in [-0.05, 0) is 57.2 Å². The van der Waals surface area contributed by atoms with Gasteiger partial charge < -0.3 is 9.02 Å². The molecule has 1 radical (unpaired) electrons. The minimum absolute atomic E-state index is 0.563. The molecular formula is C15H29N2OSi2. The van der Waals surface area contributed by atoms with Gasteiger partial charge in [0.25, 0.3) is 0 Å². The molecule has 0 aromatic carbocycles. The third kappa shape index (κ3) is 6.68. The number of hydrogen-bond acceptors (Lipinski definition) is 3. The fraction of sp³-hybridized carbons (Fsp3) is 0.667. The highest BCUT2D eigenvalue weighted by Crippen LogP contribution is 2.18. The summed E-state index contributed by atoms with van der Waals surface area (Å²) in [5.74, 6) is 0. The van der Waals surface area contributed by atoms with Gasteiger partial charge in [-0.15, -0.1) is 0 Å². The Hall–Kier alpha value is -0.656. The first kappa shape index (κ1) is 17.4. The summed E-state index contributed by atoms with van der Waals surface area (Å²) in [5, 5.41) is 0. The predicted octanol–water partition coefficient (Wildman–Crippen LogP) is 4.16. The Morgan fingerprint density at radius 1 is 1.20 bits per heavy atom. The van der Waals surface area contributed by atoms with E-state index in [1.165, 1.54) is 24.6 Å². The predicted molar refractivity (Wildman–Crippen MR) is 92.2 cm³/mol. The van der Waals surface area contributed by atoms with E-state index >= 15 is 0 Å². The molecule has 0 fully saturated rings. The van der Waals surface area contributed by atoms with Gasteiger partial charge in [-0.2, -0.15) is 0 Å². The second-order valence-corrected chi connectivity index (χ2v) is 12.7. The zero-order valence-electron chi connectivity index (χ0n) is 13.6. The third-order valence-corrected chi connectivity index (χ3v) is 8.61. The van der Waals surface area contributed by atoms with Crippen molar-refractivity contribution in [3.05, 3.63) is 24.5 Å². The first-order valence-electron chi connectivity index (χ1n) is 7.59. The van der Waals surface area contributed by atoms with Crippen molar-refractivity contribution in [1.29, 1.82) is 0 Å². The zero-order chi connectivity index (χ0) is 15.0. The number of aromatic nitrogens is 1. The van der Waals surface area contributed by atoms with Gasteiger partial charge in [0, 0.05) is 31.2 Å². The van der Waals surface area contributed by atoms with E-state index in [9.17, 15) is 0 Å². The molecule has 0 atom stereocenters. The van der Waals surface area contributed by atoms with Crippen LogP contribution >= 0.6 is 0 Å². The number of anilines is 1. The molecule has 1 aromatic rings. The summed E-state index contributed by atoms with van der Waals surface area (Å²) in [5.41, 5.74) is 1.29. The van der Waals surface area contributed by atoms with Gasteiger partial charge in [-0.1, -0.05) is 6.92 Å². The highest BCUT2D eigenvalue weighted by Gasteiger charge is 2.23. The Kier molecular flexibility index (Phi) is 7.47. The summed E-state index contributed by atoms with van der Waals surface area (Å²) in [6.07, 6.45) is 6.15. The Labute approximate surface area is 127 Å². The summed E-state index contributed by atoms with van der Waals surface area (Å²) < 4.78 is 6.20. The summed E-state index contributed by atoms with van der Waals surface area (Å²) >= 11 is 0. The minimum atomic E-state index is -1.45. The van der Waals surface area contributed by atoms with Crippen LogP contribution in [0.25, 0.3) is 0 Å². The van der Waals surface area contributed by atoms with Crippen LogP contribution in [0.5, 0.6) is 0 Å². The van der Waals surface area contributed by atoms with E-state index in [0.717, 1.165) is 13.1 Å². The maximum Gasteiger partial charge on any atom is 0.191 e. The monoisotopic (exact) mass is 309 g/mol. The highest BCUT2D eigenvalue weighted by atomic mass is 28.4. The molecule has 0 unspecified atom stereocenters. The van der Waals surface area contributed by atoms with Crippen molar-refractivity contribution in [2.24, 2.45) is 0 Å². The van der Waals surface area contributed by atoms with Gasteiger partial charge in [0.05, 0.1) is 0 Å². The van der Waals surface area contributed by atoms with Crippen molar-refractivity contribution in [3.63, 3.8) is 0 Å². The first-order valence-corrected chi connectivity index (χ1v) is 13.1. The minimum Gasteiger partial charge on any atom is -0.456 e. The van der Waals surface area contributed by atoms with E-state index < -0.39 is 17.4 Å². The number of pyridine rings is 1. The van der Waals surface area contributed by atoms with Crippen LogP contribution < -0.4 is 4.90 Å². The van der Waals surface area contributed by atoms with E-state index in [4.69, 9.17) is 4.12 Å². The topological polar surface area (TPSA) is 25.4 Å². The molecule has 1 aromatic heterocycles. The average molecular weight is 310 g/mol. The van der Waals surface area contributed by atoms with E-state index in [1.807, 2.05) is 12.4 Å². The SMILES string of the molecule is CCCN(CCC[Si](C)(C)O[Si](C)C)c1ccncc1. The molecular weight excluding hydrogens is 280 g/mol. The van der Waals surface area contributed by atoms with Gasteiger partial charge in [0.2, 0.25) is 0 Å². The standard InChI is InChI=1S/C15H29N2OSi2/c1-6-12-17(15-8-10-16-11-9-15)13-7-14-20(4,5)18-19(2)3/h8-11H,6-7,12-14H2,1-5H3. The molecule has 0 aliphatic heterocycles. The first-order chi connectivity index (χ1) is 9.44. The van der Waals surface area contributed by atoms with Crippen molar-refractivity contribution >= 4 is 23.0 Å². The van der Waals surface area contributed by atoms with Crippen LogP contribution in [-0.2, 0) is 4.12 Å². The Balaban J connectivity index is 2.48. The van der Waals surface area contributed by atoms with Crippen LogP contribution in [0, 0.1) is 0 Å². The third-order valence-electron chi connectivity index (χ3n) is 3.21. The van der Waals surface area contributed by atoms with Gasteiger partial charge in [-0.3, -0.25) is 4.98 Å². The van der Waals surface area contributed by atoms with E-state index in [-0.39, 0.29) is 0 Å². The van der Waals surface area contributed by atoms with Gasteiger partial charge in [0.1, 0.15) is 0 Å². The lowest BCUT2D eigenvalue weighted by Gasteiger charge is -2.28. The molecule has 5 heteroatoms. The largest absolute Gasteiger partial charge is 0.456 e. The summed E-state index contributed by atoms with van der Waals surface area (Å²) in [7, 11) is -2.01. The molecule has 0 saturated carbocycles. The Bertz CT molecular complexity index is 371. The van der Waals surface area contributed by atoms with Crippen molar-refractivity contribution in [1.82, 2.24) is 4.98 Å². The maximum absolute atomic E-state index is 6.20. The van der Waals surface area contributed by atoms with Crippen molar-refractivity contribution in [2.45, 2.75) is 52.0 Å². The molecule has 0 aliphatic rings. The summed E-state index contributed by atoms with van der Waals surface area (Å²) in [4.78, 5) is 6.57. The van der Waals surface area contributed by atoms with Gasteiger partial charge in [0.15, 0.2) is 17.4 Å². The second kappa shape index (κ2) is 8.59. The molecule has 1 heterocycles. The molecule has 0 saturated heterocycles. The van der Waals surface area contributed by atoms with E-state index in [2.05, 4.69) is 55.1 Å². The molecule has 0 amide bonds. The molecule has 3 nitrogen and oxygen atoms in total. The lowest BCUT2D eigenvalue weighted by Crippen LogP contribution is -2.36. The molecule has 0 bridgehead atoms. The normalized spacial score (nSPS) is 11.9. The van der Waals surface area contributed by atoms with Crippen molar-refractivity contribution in [2.75, 3.05) is 18.0 Å². The second-order valence-electron chi connectivity index (χ2n) is 6.07. The number of nitrogens with zero attached hydrogens (tertiary/aromatic N) is 2. The molecule has 0 spiro atoms. The Morgan fingerprint density at radius 2 is 1.85 bits per heavy atom. The smallest absolute Gasteiger partial charge is 0.191 e. The number of rotatable bonds is 9. The lowest BCUT2D eigenvalue weighted by molar-refractivity contribution is 0.564. The van der Waals surface area contributed by atoms with Crippen LogP contribution in [0.2, 0.25) is 32.2 Å². The van der Waals surface area contributed by atoms with Gasteiger partial charge >= 0.3 is 0 Å². The van der Waals surface area contributed by atoms with Crippen LogP contribution in [0.3, 0.4) is 0 Å². The molecule has 0 N–H and O–H groups in total. The highest BCUT2D eigenvalue weighted by molar-refractivity contribution is 6.77. The Morgan fingerprint density at radius 3 is 2.40 bits per heavy atom. The van der Waals surface area contributed by atoms with Crippen molar-refractivity contribution in [3.8, 4) is 0 Å². The zero-order valence-corrected chi connectivity index (χ0v) is 15.6. The summed E-state index contributed by atoms with van der Waals surface area (Å²) in [6.45, 7) is 13.6. The molecule has 20 heavy (non-hydrogen) atoms. The summed E-state index contributed by atoms with van der Waals surface area (Å²) in [6, 6.07) is 5.45. The van der Waals surface area contributed by atoms with Crippen molar-refractivity contribution < 1.29 is 4.12 Å². The lowest BCUT2D eigenvalue weighted by atomic mass is 10.3. The van der Waals surface area contributed by atoms with E-state index in [0.29, 0.717) is 0 Å². The van der Waals surface area contributed by atoms with Crippen LogP contribution in [-0.4, -0.2) is 35.4 Å². The van der Waals surface area contributed by atoms with Crippen LogP contribution in [0.4, 0.5) is 5.69 Å². The molecule has 113 valence electrons. The quantitative estimate of drug-likeness (QED) is 0.640. The van der Waals surface area contributed by atoms with Gasteiger partial charge in [-0.25, -0.2) is 0 Å². The van der Waals surface area contributed by atoms with Crippen LogP contribution in [0.1, 0.15) is 19.8 Å². The molecule has 1 rings (SSSR count). The molecule has 0 aliphatic carbocycles. The fourth-order valence-corrected chi connectivity index (χ4v) is 8.33. The number of hydrogen-bond donors (Lipinski definition) is 0. The fourth-order valence-electron chi connectivity index (χ4n) is 2.49. The maximum atomic E-state index is 6.20. The van der Waals surface area contributed by atoms with Crippen LogP contribution in [0.15, 0.2) is 24.5 Å². The van der Waals surface area contributed by atoms with E-state index in [1.54, 1.807) is 0 Å². The average Bonchev–Trinajstić information content (AvgIpc) is 2.37.